The molecule has 4 rings (SSSR count). The van der Waals surface area contributed by atoms with E-state index in [4.69, 9.17) is 0 Å². The van der Waals surface area contributed by atoms with Gasteiger partial charge < -0.3 is 15.5 Å². The first-order valence-electron chi connectivity index (χ1n) is 9.15. The van der Waals surface area contributed by atoms with Gasteiger partial charge in [-0.05, 0) is 69.2 Å². The minimum Gasteiger partial charge on any atom is -0.372 e. The lowest BCUT2D eigenvalue weighted by atomic mass is 10.0. The van der Waals surface area contributed by atoms with Crippen LogP contribution in [0.4, 0.5) is 11.4 Å². The van der Waals surface area contributed by atoms with E-state index in [1.54, 1.807) is 0 Å². The van der Waals surface area contributed by atoms with Gasteiger partial charge in [-0.15, -0.1) is 0 Å². The predicted octanol–water partition coefficient (Wildman–Crippen LogP) is 2.67. The Kier molecular flexibility index (Phi) is 3.94. The third-order valence-corrected chi connectivity index (χ3v) is 5.38. The van der Waals surface area contributed by atoms with Gasteiger partial charge in [0.1, 0.15) is 5.41 Å². The minimum absolute atomic E-state index is 0.0903. The Hall–Kier alpha value is -2.04. The van der Waals surface area contributed by atoms with Crippen molar-refractivity contribution in [2.45, 2.75) is 51.0 Å². The number of piperidine rings is 1. The molecular weight excluding hydrogens is 302 g/mol. The zero-order chi connectivity index (χ0) is 16.6. The highest BCUT2D eigenvalue weighted by Gasteiger charge is 2.57. The molecule has 0 radical (unpaired) electrons. The monoisotopic (exact) mass is 327 g/mol. The zero-order valence-corrected chi connectivity index (χ0v) is 14.0. The SMILES string of the molecule is O=C(Nc1ccc(N2CCCCC2)cc1)C1(C(=O)NC2CC2)CC1. The molecule has 1 aromatic rings. The molecule has 2 N–H and O–H groups in total. The van der Waals surface area contributed by atoms with Crippen LogP contribution in [0.5, 0.6) is 0 Å². The molecule has 0 unspecified atom stereocenters. The fourth-order valence-corrected chi connectivity index (χ4v) is 3.39. The summed E-state index contributed by atoms with van der Waals surface area (Å²) in [7, 11) is 0. The van der Waals surface area contributed by atoms with Gasteiger partial charge in [0, 0.05) is 30.5 Å². The Morgan fingerprint density at radius 1 is 0.958 bits per heavy atom. The molecule has 5 nitrogen and oxygen atoms in total. The van der Waals surface area contributed by atoms with Gasteiger partial charge in [-0.25, -0.2) is 0 Å². The lowest BCUT2D eigenvalue weighted by Gasteiger charge is -2.28. The molecule has 3 aliphatic rings. The summed E-state index contributed by atoms with van der Waals surface area (Å²) < 4.78 is 0. The maximum Gasteiger partial charge on any atom is 0.240 e. The van der Waals surface area contributed by atoms with Crippen molar-refractivity contribution in [3.05, 3.63) is 24.3 Å². The fraction of sp³-hybridized carbons (Fsp3) is 0.579. The Morgan fingerprint density at radius 3 is 2.21 bits per heavy atom. The molecule has 1 saturated heterocycles. The normalized spacial score (nSPS) is 21.9. The van der Waals surface area contributed by atoms with Crippen LogP contribution in [0.15, 0.2) is 24.3 Å². The van der Waals surface area contributed by atoms with Crippen LogP contribution in [0.25, 0.3) is 0 Å². The van der Waals surface area contributed by atoms with E-state index < -0.39 is 5.41 Å². The van der Waals surface area contributed by atoms with Crippen molar-refractivity contribution in [2.24, 2.45) is 5.41 Å². The van der Waals surface area contributed by atoms with Crippen molar-refractivity contribution >= 4 is 23.2 Å². The Labute approximate surface area is 142 Å². The first kappa shape index (κ1) is 15.5. The van der Waals surface area contributed by atoms with E-state index >= 15 is 0 Å². The Morgan fingerprint density at radius 2 is 1.62 bits per heavy atom. The van der Waals surface area contributed by atoms with Crippen molar-refractivity contribution in [2.75, 3.05) is 23.3 Å². The quantitative estimate of drug-likeness (QED) is 0.818. The average molecular weight is 327 g/mol. The second-order valence-corrected chi connectivity index (χ2v) is 7.38. The van der Waals surface area contributed by atoms with E-state index in [0.29, 0.717) is 18.9 Å². The number of anilines is 2. The van der Waals surface area contributed by atoms with Crippen LogP contribution in [-0.4, -0.2) is 30.9 Å². The lowest BCUT2D eigenvalue weighted by molar-refractivity contribution is -0.134. The largest absolute Gasteiger partial charge is 0.372 e. The van der Waals surface area contributed by atoms with Crippen LogP contribution in [-0.2, 0) is 9.59 Å². The highest BCUT2D eigenvalue weighted by Crippen LogP contribution is 2.47. The summed E-state index contributed by atoms with van der Waals surface area (Å²) in [5.41, 5.74) is 1.15. The molecule has 24 heavy (non-hydrogen) atoms. The standard InChI is InChI=1S/C19H25N3O2/c23-17(20-14-4-5-14)19(10-11-19)18(24)21-15-6-8-16(9-7-15)22-12-2-1-3-13-22/h6-9,14H,1-5,10-13H2,(H,20,23)(H,21,24). The van der Waals surface area contributed by atoms with Crippen molar-refractivity contribution < 1.29 is 9.59 Å². The van der Waals surface area contributed by atoms with Gasteiger partial charge in [-0.2, -0.15) is 0 Å². The molecule has 0 bridgehead atoms. The van der Waals surface area contributed by atoms with Gasteiger partial charge in [-0.3, -0.25) is 9.59 Å². The predicted molar refractivity (Wildman–Crippen MR) is 94.0 cm³/mol. The van der Waals surface area contributed by atoms with Crippen LogP contribution in [0.3, 0.4) is 0 Å². The van der Waals surface area contributed by atoms with Gasteiger partial charge in [0.15, 0.2) is 0 Å². The molecule has 0 spiro atoms. The summed E-state index contributed by atoms with van der Waals surface area (Å²) >= 11 is 0. The van der Waals surface area contributed by atoms with Gasteiger partial charge in [-0.1, -0.05) is 0 Å². The number of nitrogens with zero attached hydrogens (tertiary/aromatic N) is 1. The molecule has 1 aromatic carbocycles. The van der Waals surface area contributed by atoms with Gasteiger partial charge >= 0.3 is 0 Å². The molecular formula is C19H25N3O2. The smallest absolute Gasteiger partial charge is 0.240 e. The molecule has 1 aliphatic heterocycles. The maximum absolute atomic E-state index is 12.5. The van der Waals surface area contributed by atoms with Crippen LogP contribution >= 0.6 is 0 Å². The summed E-state index contributed by atoms with van der Waals surface area (Å²) in [5, 5.41) is 5.90. The highest BCUT2D eigenvalue weighted by atomic mass is 16.2. The summed E-state index contributed by atoms with van der Waals surface area (Å²) in [6.07, 6.45) is 7.21. The van der Waals surface area contributed by atoms with Crippen molar-refractivity contribution in [3.8, 4) is 0 Å². The van der Waals surface area contributed by atoms with E-state index in [1.165, 1.54) is 24.9 Å². The molecule has 2 amide bonds. The molecule has 2 aliphatic carbocycles. The van der Waals surface area contributed by atoms with Crippen molar-refractivity contribution in [1.29, 1.82) is 0 Å². The van der Waals surface area contributed by atoms with E-state index in [1.807, 2.05) is 12.1 Å². The van der Waals surface area contributed by atoms with Crippen LogP contribution < -0.4 is 15.5 Å². The van der Waals surface area contributed by atoms with Gasteiger partial charge in [0.25, 0.3) is 0 Å². The van der Waals surface area contributed by atoms with Crippen LogP contribution in [0, 0.1) is 5.41 Å². The number of nitrogens with one attached hydrogen (secondary N) is 2. The van der Waals surface area contributed by atoms with Gasteiger partial charge in [0.2, 0.25) is 11.8 Å². The van der Waals surface area contributed by atoms with Crippen molar-refractivity contribution in [3.63, 3.8) is 0 Å². The number of amides is 2. The van der Waals surface area contributed by atoms with E-state index in [-0.39, 0.29) is 11.8 Å². The number of benzene rings is 1. The second-order valence-electron chi connectivity index (χ2n) is 7.38. The van der Waals surface area contributed by atoms with Gasteiger partial charge in [0.05, 0.1) is 0 Å². The van der Waals surface area contributed by atoms with Crippen LogP contribution in [0.1, 0.15) is 44.9 Å². The minimum atomic E-state index is -0.825. The van der Waals surface area contributed by atoms with E-state index in [9.17, 15) is 9.59 Å². The summed E-state index contributed by atoms with van der Waals surface area (Å²) in [4.78, 5) is 27.2. The highest BCUT2D eigenvalue weighted by molar-refractivity contribution is 6.13. The van der Waals surface area contributed by atoms with E-state index in [2.05, 4.69) is 27.7 Å². The first-order valence-corrected chi connectivity index (χ1v) is 9.15. The fourth-order valence-electron chi connectivity index (χ4n) is 3.39. The Bertz CT molecular complexity index is 627. The van der Waals surface area contributed by atoms with E-state index in [0.717, 1.165) is 31.6 Å². The molecule has 5 heteroatoms. The molecule has 2 saturated carbocycles. The van der Waals surface area contributed by atoms with Crippen molar-refractivity contribution in [1.82, 2.24) is 5.32 Å². The number of hydrogen-bond donors (Lipinski definition) is 2. The second kappa shape index (κ2) is 6.11. The number of carbonyl (C=O) groups is 2. The summed E-state index contributed by atoms with van der Waals surface area (Å²) in [6, 6.07) is 8.30. The third kappa shape index (κ3) is 3.12. The summed E-state index contributed by atoms with van der Waals surface area (Å²) in [5.74, 6) is -0.251. The molecule has 3 fully saturated rings. The number of hydrogen-bond acceptors (Lipinski definition) is 3. The number of carbonyl (C=O) groups excluding carboxylic acids is 2. The van der Waals surface area contributed by atoms with Crippen LogP contribution in [0.2, 0.25) is 0 Å². The lowest BCUT2D eigenvalue weighted by Crippen LogP contribution is -2.40. The molecule has 1 heterocycles. The number of rotatable bonds is 5. The molecule has 128 valence electrons. The summed E-state index contributed by atoms with van der Waals surface area (Å²) in [6.45, 7) is 2.21. The first-order chi connectivity index (χ1) is 11.7. The third-order valence-electron chi connectivity index (χ3n) is 5.38. The maximum atomic E-state index is 12.5. The molecule has 0 atom stereocenters. The Balaban J connectivity index is 1.37. The zero-order valence-electron chi connectivity index (χ0n) is 14.0. The average Bonchev–Trinajstić information content (AvgIpc) is 3.51. The molecule has 0 aromatic heterocycles. The topological polar surface area (TPSA) is 61.4 Å².